The Balaban J connectivity index is 2.41. The van der Waals surface area contributed by atoms with E-state index < -0.39 is 0 Å². The third kappa shape index (κ3) is 1.54. The maximum absolute atomic E-state index is 11.8. The van der Waals surface area contributed by atoms with Crippen molar-refractivity contribution in [1.82, 2.24) is 15.2 Å². The fraction of sp³-hybridized carbons (Fsp3) is 0.143. The van der Waals surface area contributed by atoms with Crippen molar-refractivity contribution in [2.45, 2.75) is 13.8 Å². The minimum Gasteiger partial charge on any atom is -0.352 e. The van der Waals surface area contributed by atoms with E-state index >= 15 is 0 Å². The summed E-state index contributed by atoms with van der Waals surface area (Å²) in [5.74, 6) is 0.0278. The molecule has 0 bridgehead atoms. The van der Waals surface area contributed by atoms with Crippen molar-refractivity contribution >= 4 is 16.7 Å². The van der Waals surface area contributed by atoms with Gasteiger partial charge in [-0.1, -0.05) is 11.6 Å². The molecule has 0 aliphatic rings. The summed E-state index contributed by atoms with van der Waals surface area (Å²) in [6, 6.07) is 6.11. The summed E-state index contributed by atoms with van der Waals surface area (Å²) in [4.78, 5) is 14.9. The number of benzene rings is 1. The molecule has 0 aliphatic carbocycles. The van der Waals surface area contributed by atoms with Crippen LogP contribution in [-0.4, -0.2) is 21.0 Å². The SMILES string of the molecule is CC(=O)c1[nH]c2ccc(C)cc2c1-c1cn[nH]c1. The largest absolute Gasteiger partial charge is 0.352 e. The van der Waals surface area contributed by atoms with Gasteiger partial charge in [-0.15, -0.1) is 0 Å². The van der Waals surface area contributed by atoms with Crippen molar-refractivity contribution in [3.8, 4) is 11.1 Å². The van der Waals surface area contributed by atoms with Crippen molar-refractivity contribution in [3.63, 3.8) is 0 Å². The number of fused-ring (bicyclic) bond motifs is 1. The molecule has 90 valence electrons. The van der Waals surface area contributed by atoms with Crippen LogP contribution in [0.5, 0.6) is 0 Å². The molecule has 0 amide bonds. The van der Waals surface area contributed by atoms with Crippen LogP contribution in [0.15, 0.2) is 30.6 Å². The van der Waals surface area contributed by atoms with Crippen LogP contribution in [0, 0.1) is 6.92 Å². The zero-order chi connectivity index (χ0) is 12.7. The Morgan fingerprint density at radius 2 is 2.17 bits per heavy atom. The molecule has 0 spiro atoms. The number of nitrogens with zero attached hydrogens (tertiary/aromatic N) is 1. The van der Waals surface area contributed by atoms with Crippen molar-refractivity contribution in [3.05, 3.63) is 41.9 Å². The molecule has 2 heterocycles. The van der Waals surface area contributed by atoms with Gasteiger partial charge in [0.05, 0.1) is 11.9 Å². The Labute approximate surface area is 104 Å². The maximum Gasteiger partial charge on any atom is 0.176 e. The number of hydrogen-bond acceptors (Lipinski definition) is 2. The van der Waals surface area contributed by atoms with E-state index in [4.69, 9.17) is 0 Å². The minimum absolute atomic E-state index is 0.0278. The number of nitrogens with one attached hydrogen (secondary N) is 2. The number of Topliss-reactive ketones (excluding diaryl/α,β-unsaturated/α-hetero) is 1. The molecule has 2 aromatic heterocycles. The Morgan fingerprint density at radius 3 is 2.83 bits per heavy atom. The number of aromatic nitrogens is 3. The Hall–Kier alpha value is -2.36. The van der Waals surface area contributed by atoms with Gasteiger partial charge in [-0.05, 0) is 19.1 Å². The van der Waals surface area contributed by atoms with Gasteiger partial charge >= 0.3 is 0 Å². The normalized spacial score (nSPS) is 11.0. The van der Waals surface area contributed by atoms with E-state index in [0.29, 0.717) is 5.69 Å². The lowest BCUT2D eigenvalue weighted by atomic mass is 10.0. The number of rotatable bonds is 2. The van der Waals surface area contributed by atoms with E-state index in [-0.39, 0.29) is 5.78 Å². The Morgan fingerprint density at radius 1 is 1.33 bits per heavy atom. The molecule has 0 unspecified atom stereocenters. The molecule has 0 radical (unpaired) electrons. The topological polar surface area (TPSA) is 61.5 Å². The second-order valence-corrected chi connectivity index (χ2v) is 4.47. The van der Waals surface area contributed by atoms with Crippen LogP contribution in [0.25, 0.3) is 22.0 Å². The highest BCUT2D eigenvalue weighted by molar-refractivity contribution is 6.09. The molecule has 0 saturated heterocycles. The van der Waals surface area contributed by atoms with E-state index in [1.54, 1.807) is 19.3 Å². The third-order valence-corrected chi connectivity index (χ3v) is 3.09. The van der Waals surface area contributed by atoms with Crippen LogP contribution in [0.2, 0.25) is 0 Å². The van der Waals surface area contributed by atoms with Gasteiger partial charge in [0.15, 0.2) is 5.78 Å². The Kier molecular flexibility index (Phi) is 2.30. The van der Waals surface area contributed by atoms with Crippen LogP contribution in [-0.2, 0) is 0 Å². The van der Waals surface area contributed by atoms with E-state index in [1.165, 1.54) is 5.56 Å². The summed E-state index contributed by atoms with van der Waals surface area (Å²) in [6.07, 6.45) is 3.54. The predicted molar refractivity (Wildman–Crippen MR) is 70.6 cm³/mol. The molecule has 0 fully saturated rings. The molecule has 2 N–H and O–H groups in total. The monoisotopic (exact) mass is 239 g/mol. The first kappa shape index (κ1) is 10.8. The molecule has 4 nitrogen and oxygen atoms in total. The maximum atomic E-state index is 11.8. The van der Waals surface area contributed by atoms with Crippen LogP contribution < -0.4 is 0 Å². The molecule has 1 aromatic carbocycles. The summed E-state index contributed by atoms with van der Waals surface area (Å²) in [7, 11) is 0. The molecule has 18 heavy (non-hydrogen) atoms. The van der Waals surface area contributed by atoms with Crippen molar-refractivity contribution in [2.75, 3.05) is 0 Å². The lowest BCUT2D eigenvalue weighted by Crippen LogP contribution is -1.94. The number of hydrogen-bond donors (Lipinski definition) is 2. The highest BCUT2D eigenvalue weighted by Crippen LogP contribution is 2.32. The fourth-order valence-corrected chi connectivity index (χ4v) is 2.26. The molecular weight excluding hydrogens is 226 g/mol. The molecule has 4 heteroatoms. The zero-order valence-electron chi connectivity index (χ0n) is 10.2. The molecular formula is C14H13N3O. The van der Waals surface area contributed by atoms with Gasteiger partial charge in [-0.3, -0.25) is 9.89 Å². The lowest BCUT2D eigenvalue weighted by molar-refractivity contribution is 0.101. The second kappa shape index (κ2) is 3.84. The smallest absolute Gasteiger partial charge is 0.176 e. The van der Waals surface area contributed by atoms with Gasteiger partial charge in [0.1, 0.15) is 0 Å². The van der Waals surface area contributed by atoms with Gasteiger partial charge in [-0.25, -0.2) is 0 Å². The predicted octanol–water partition coefficient (Wildman–Crippen LogP) is 3.07. The quantitative estimate of drug-likeness (QED) is 0.675. The number of ketones is 1. The first-order chi connectivity index (χ1) is 8.66. The lowest BCUT2D eigenvalue weighted by Gasteiger charge is -1.99. The van der Waals surface area contributed by atoms with Gasteiger partial charge in [0, 0.05) is 35.2 Å². The standard InChI is InChI=1S/C14H13N3O/c1-8-3-4-12-11(5-8)13(10-6-15-16-7-10)14(17-12)9(2)18/h3-7,17H,1-2H3,(H,15,16). The summed E-state index contributed by atoms with van der Waals surface area (Å²) in [5, 5.41) is 7.80. The second-order valence-electron chi connectivity index (χ2n) is 4.47. The van der Waals surface area contributed by atoms with E-state index in [2.05, 4.69) is 21.2 Å². The van der Waals surface area contributed by atoms with Gasteiger partial charge in [0.25, 0.3) is 0 Å². The van der Waals surface area contributed by atoms with Crippen LogP contribution in [0.3, 0.4) is 0 Å². The molecule has 0 aliphatic heterocycles. The summed E-state index contributed by atoms with van der Waals surface area (Å²) >= 11 is 0. The van der Waals surface area contributed by atoms with E-state index in [1.807, 2.05) is 19.1 Å². The van der Waals surface area contributed by atoms with Gasteiger partial charge < -0.3 is 4.98 Å². The molecule has 3 rings (SSSR count). The summed E-state index contributed by atoms with van der Waals surface area (Å²) in [6.45, 7) is 3.61. The summed E-state index contributed by atoms with van der Waals surface area (Å²) in [5.41, 5.74) is 4.63. The molecule has 0 saturated carbocycles. The number of aromatic amines is 2. The number of carbonyl (C=O) groups excluding carboxylic acids is 1. The van der Waals surface area contributed by atoms with Crippen molar-refractivity contribution in [1.29, 1.82) is 0 Å². The number of carbonyl (C=O) groups is 1. The third-order valence-electron chi connectivity index (χ3n) is 3.09. The van der Waals surface area contributed by atoms with Gasteiger partial charge in [0.2, 0.25) is 0 Å². The molecule has 3 aromatic rings. The van der Waals surface area contributed by atoms with Crippen LogP contribution >= 0.6 is 0 Å². The van der Waals surface area contributed by atoms with Crippen LogP contribution in [0.4, 0.5) is 0 Å². The highest BCUT2D eigenvalue weighted by Gasteiger charge is 2.17. The zero-order valence-corrected chi connectivity index (χ0v) is 10.2. The van der Waals surface area contributed by atoms with Crippen LogP contribution in [0.1, 0.15) is 23.0 Å². The fourth-order valence-electron chi connectivity index (χ4n) is 2.26. The van der Waals surface area contributed by atoms with Crippen molar-refractivity contribution in [2.24, 2.45) is 0 Å². The first-order valence-electron chi connectivity index (χ1n) is 5.79. The average molecular weight is 239 g/mol. The number of H-pyrrole nitrogens is 2. The Bertz CT molecular complexity index is 723. The first-order valence-corrected chi connectivity index (χ1v) is 5.79. The highest BCUT2D eigenvalue weighted by atomic mass is 16.1. The van der Waals surface area contributed by atoms with Crippen molar-refractivity contribution < 1.29 is 4.79 Å². The minimum atomic E-state index is 0.0278. The van der Waals surface area contributed by atoms with E-state index in [0.717, 1.165) is 22.0 Å². The number of aryl methyl sites for hydroxylation is 1. The average Bonchev–Trinajstić information content (AvgIpc) is 2.93. The summed E-state index contributed by atoms with van der Waals surface area (Å²) < 4.78 is 0. The molecule has 0 atom stereocenters. The van der Waals surface area contributed by atoms with Gasteiger partial charge in [-0.2, -0.15) is 5.10 Å². The van der Waals surface area contributed by atoms with E-state index in [9.17, 15) is 4.79 Å².